The van der Waals surface area contributed by atoms with Crippen LogP contribution in [0.25, 0.3) is 0 Å². The standard InChI is InChI=1S/C24H33N3O2/c1-5-18(3)26(24(29)20-11-9-19(6-2)10-12-20)17-23(28)27(21-13-14-21)16-22-8-7-15-25(22)4/h7-12,15,18,21H,5-6,13-14,16-17H2,1-4H3. The predicted molar refractivity (Wildman–Crippen MR) is 116 cm³/mol. The minimum atomic E-state index is -0.0648. The molecule has 5 nitrogen and oxygen atoms in total. The molecular weight excluding hydrogens is 362 g/mol. The Labute approximate surface area is 174 Å². The molecule has 0 aliphatic heterocycles. The molecule has 1 aliphatic carbocycles. The number of carbonyl (C=O) groups excluding carboxylic acids is 2. The van der Waals surface area contributed by atoms with Crippen LogP contribution in [0.2, 0.25) is 0 Å². The van der Waals surface area contributed by atoms with Crippen LogP contribution >= 0.6 is 0 Å². The van der Waals surface area contributed by atoms with Gasteiger partial charge in [0.25, 0.3) is 5.91 Å². The molecule has 5 heteroatoms. The van der Waals surface area contributed by atoms with Crippen LogP contribution in [-0.2, 0) is 24.8 Å². The lowest BCUT2D eigenvalue weighted by atomic mass is 10.1. The second-order valence-corrected chi connectivity index (χ2v) is 8.10. The number of rotatable bonds is 9. The van der Waals surface area contributed by atoms with E-state index in [1.165, 1.54) is 5.56 Å². The van der Waals surface area contributed by atoms with Crippen LogP contribution < -0.4 is 0 Å². The van der Waals surface area contributed by atoms with Crippen molar-refractivity contribution in [3.8, 4) is 0 Å². The minimum Gasteiger partial charge on any atom is -0.353 e. The molecule has 1 atom stereocenters. The molecule has 2 aromatic rings. The zero-order chi connectivity index (χ0) is 21.0. The third-order valence-corrected chi connectivity index (χ3v) is 5.99. The Bertz CT molecular complexity index is 836. The Hall–Kier alpha value is -2.56. The van der Waals surface area contributed by atoms with Crippen LogP contribution in [0.3, 0.4) is 0 Å². The van der Waals surface area contributed by atoms with Crippen molar-refractivity contribution in [3.63, 3.8) is 0 Å². The van der Waals surface area contributed by atoms with E-state index in [2.05, 4.69) is 24.5 Å². The highest BCUT2D eigenvalue weighted by molar-refractivity contribution is 5.96. The first-order valence-corrected chi connectivity index (χ1v) is 10.7. The van der Waals surface area contributed by atoms with Crippen LogP contribution in [0.1, 0.15) is 61.6 Å². The van der Waals surface area contributed by atoms with Crippen LogP contribution in [0.4, 0.5) is 0 Å². The Balaban J connectivity index is 1.76. The highest BCUT2D eigenvalue weighted by Gasteiger charge is 2.35. The number of aryl methyl sites for hydroxylation is 2. The number of aromatic nitrogens is 1. The first kappa shape index (κ1) is 21.2. The van der Waals surface area contributed by atoms with Gasteiger partial charge in [0.15, 0.2) is 0 Å². The molecule has 156 valence electrons. The molecule has 0 bridgehead atoms. The van der Waals surface area contributed by atoms with Crippen molar-refractivity contribution in [2.45, 2.75) is 65.1 Å². The van der Waals surface area contributed by atoms with Crippen molar-refractivity contribution < 1.29 is 9.59 Å². The smallest absolute Gasteiger partial charge is 0.254 e. The fourth-order valence-corrected chi connectivity index (χ4v) is 3.58. The Kier molecular flexibility index (Phi) is 6.78. The topological polar surface area (TPSA) is 45.6 Å². The Morgan fingerprint density at radius 2 is 1.83 bits per heavy atom. The monoisotopic (exact) mass is 395 g/mol. The first-order chi connectivity index (χ1) is 13.9. The van der Waals surface area contributed by atoms with Gasteiger partial charge in [0.05, 0.1) is 6.54 Å². The van der Waals surface area contributed by atoms with Crippen molar-refractivity contribution in [1.29, 1.82) is 0 Å². The maximum Gasteiger partial charge on any atom is 0.254 e. The molecule has 1 fully saturated rings. The summed E-state index contributed by atoms with van der Waals surface area (Å²) in [5, 5.41) is 0. The van der Waals surface area contributed by atoms with E-state index in [-0.39, 0.29) is 24.4 Å². The summed E-state index contributed by atoms with van der Waals surface area (Å²) in [5.41, 5.74) is 2.97. The number of nitrogens with zero attached hydrogens (tertiary/aromatic N) is 3. The Morgan fingerprint density at radius 3 is 2.34 bits per heavy atom. The summed E-state index contributed by atoms with van der Waals surface area (Å²) in [6, 6.07) is 12.1. The molecule has 1 aliphatic rings. The summed E-state index contributed by atoms with van der Waals surface area (Å²) < 4.78 is 2.05. The number of carbonyl (C=O) groups is 2. The summed E-state index contributed by atoms with van der Waals surface area (Å²) >= 11 is 0. The maximum absolute atomic E-state index is 13.3. The molecule has 1 aromatic heterocycles. The van der Waals surface area contributed by atoms with E-state index in [4.69, 9.17) is 0 Å². The van der Waals surface area contributed by atoms with Crippen LogP contribution in [0.5, 0.6) is 0 Å². The predicted octanol–water partition coefficient (Wildman–Crippen LogP) is 4.02. The molecule has 29 heavy (non-hydrogen) atoms. The molecule has 0 N–H and O–H groups in total. The summed E-state index contributed by atoms with van der Waals surface area (Å²) in [5.74, 6) is -0.0301. The highest BCUT2D eigenvalue weighted by Crippen LogP contribution is 2.29. The molecule has 3 rings (SSSR count). The van der Waals surface area contributed by atoms with Crippen molar-refractivity contribution in [2.24, 2.45) is 7.05 Å². The van der Waals surface area contributed by atoms with Gasteiger partial charge in [-0.3, -0.25) is 9.59 Å². The maximum atomic E-state index is 13.3. The van der Waals surface area contributed by atoms with E-state index < -0.39 is 0 Å². The molecule has 2 amide bonds. The number of amides is 2. The third kappa shape index (κ3) is 5.08. The van der Waals surface area contributed by atoms with Gasteiger partial charge < -0.3 is 14.4 Å². The van der Waals surface area contributed by atoms with Gasteiger partial charge >= 0.3 is 0 Å². The SMILES string of the molecule is CCc1ccc(C(=O)N(CC(=O)N(Cc2cccn2C)C2CC2)C(C)CC)cc1. The summed E-state index contributed by atoms with van der Waals surface area (Å²) in [4.78, 5) is 30.2. The number of hydrogen-bond donors (Lipinski definition) is 0. The quantitative estimate of drug-likeness (QED) is 0.644. The van der Waals surface area contributed by atoms with E-state index in [1.807, 2.05) is 55.4 Å². The molecule has 1 unspecified atom stereocenters. The number of benzene rings is 1. The normalized spacial score (nSPS) is 14.5. The van der Waals surface area contributed by atoms with Crippen LogP contribution in [-0.4, -0.2) is 44.8 Å². The van der Waals surface area contributed by atoms with Crippen molar-refractivity contribution >= 4 is 11.8 Å². The molecule has 1 saturated carbocycles. The van der Waals surface area contributed by atoms with Crippen molar-refractivity contribution in [2.75, 3.05) is 6.54 Å². The average Bonchev–Trinajstić information content (AvgIpc) is 3.50. The second-order valence-electron chi connectivity index (χ2n) is 8.10. The van der Waals surface area contributed by atoms with Gasteiger partial charge in [-0.15, -0.1) is 0 Å². The van der Waals surface area contributed by atoms with E-state index in [0.29, 0.717) is 18.2 Å². The molecule has 0 radical (unpaired) electrons. The fourth-order valence-electron chi connectivity index (χ4n) is 3.58. The number of hydrogen-bond acceptors (Lipinski definition) is 2. The van der Waals surface area contributed by atoms with E-state index >= 15 is 0 Å². The van der Waals surface area contributed by atoms with Crippen LogP contribution in [0, 0.1) is 0 Å². The van der Waals surface area contributed by atoms with Gasteiger partial charge in [0, 0.05) is 36.6 Å². The van der Waals surface area contributed by atoms with Gasteiger partial charge in [-0.25, -0.2) is 0 Å². The fraction of sp³-hybridized carbons (Fsp3) is 0.500. The lowest BCUT2D eigenvalue weighted by Crippen LogP contribution is -2.47. The van der Waals surface area contributed by atoms with E-state index in [1.54, 1.807) is 4.90 Å². The zero-order valence-electron chi connectivity index (χ0n) is 18.1. The molecule has 0 spiro atoms. The summed E-state index contributed by atoms with van der Waals surface area (Å²) in [7, 11) is 2.00. The van der Waals surface area contributed by atoms with Crippen LogP contribution in [0.15, 0.2) is 42.6 Å². The van der Waals surface area contributed by atoms with Gasteiger partial charge in [0.1, 0.15) is 6.54 Å². The largest absolute Gasteiger partial charge is 0.353 e. The minimum absolute atomic E-state index is 0.00777. The van der Waals surface area contributed by atoms with Gasteiger partial charge in [-0.2, -0.15) is 0 Å². The lowest BCUT2D eigenvalue weighted by molar-refractivity contribution is -0.133. The molecule has 0 saturated heterocycles. The summed E-state index contributed by atoms with van der Waals surface area (Å²) in [6.45, 7) is 6.90. The molecule has 1 aromatic carbocycles. The third-order valence-electron chi connectivity index (χ3n) is 5.99. The zero-order valence-corrected chi connectivity index (χ0v) is 18.1. The average molecular weight is 396 g/mol. The summed E-state index contributed by atoms with van der Waals surface area (Å²) in [6.07, 6.45) is 5.85. The van der Waals surface area contributed by atoms with Crippen molar-refractivity contribution in [3.05, 3.63) is 59.4 Å². The van der Waals surface area contributed by atoms with Gasteiger partial charge in [-0.1, -0.05) is 26.0 Å². The van der Waals surface area contributed by atoms with E-state index in [0.717, 1.165) is 31.4 Å². The highest BCUT2D eigenvalue weighted by atomic mass is 16.2. The van der Waals surface area contributed by atoms with E-state index in [9.17, 15) is 9.59 Å². The Morgan fingerprint density at radius 1 is 1.14 bits per heavy atom. The molecule has 1 heterocycles. The first-order valence-electron chi connectivity index (χ1n) is 10.7. The second kappa shape index (κ2) is 9.29. The van der Waals surface area contributed by atoms with Gasteiger partial charge in [-0.05, 0) is 62.4 Å². The molecular formula is C24H33N3O2. The van der Waals surface area contributed by atoms with Gasteiger partial charge in [0.2, 0.25) is 5.91 Å². The van der Waals surface area contributed by atoms with Crippen molar-refractivity contribution in [1.82, 2.24) is 14.4 Å². The lowest BCUT2D eigenvalue weighted by Gasteiger charge is -2.31.